The number of hydrazine groups is 1. The molecule has 1 aromatic carbocycles. The molecule has 0 saturated carbocycles. The van der Waals surface area contributed by atoms with Crippen molar-refractivity contribution in [3.8, 4) is 5.75 Å². The van der Waals surface area contributed by atoms with E-state index < -0.39 is 11.9 Å². The maximum atomic E-state index is 14.2. The predicted octanol–water partition coefficient (Wildman–Crippen LogP) is 2.44. The Kier molecular flexibility index (Phi) is 4.31. The first-order valence-corrected chi connectivity index (χ1v) is 5.95. The normalized spacial score (nSPS) is 12.2. The lowest BCUT2D eigenvalue weighted by molar-refractivity contribution is 0.381. The molecular formula is C13H13ClFN3O. The second kappa shape index (κ2) is 5.97. The van der Waals surface area contributed by atoms with Crippen LogP contribution in [0.5, 0.6) is 5.75 Å². The molecule has 0 saturated heterocycles. The Balaban J connectivity index is 2.52. The van der Waals surface area contributed by atoms with Gasteiger partial charge in [0, 0.05) is 11.8 Å². The Hall–Kier alpha value is -1.69. The van der Waals surface area contributed by atoms with Gasteiger partial charge in [-0.15, -0.1) is 0 Å². The minimum absolute atomic E-state index is 0.143. The highest BCUT2D eigenvalue weighted by Crippen LogP contribution is 2.30. The predicted molar refractivity (Wildman–Crippen MR) is 71.4 cm³/mol. The van der Waals surface area contributed by atoms with Crippen molar-refractivity contribution < 1.29 is 9.13 Å². The number of methoxy groups -OCH3 is 1. The molecule has 1 unspecified atom stereocenters. The van der Waals surface area contributed by atoms with Crippen molar-refractivity contribution in [3.05, 3.63) is 58.6 Å². The summed E-state index contributed by atoms with van der Waals surface area (Å²) in [5.41, 5.74) is 3.30. The summed E-state index contributed by atoms with van der Waals surface area (Å²) in [6.07, 6.45) is 1.57. The van der Waals surface area contributed by atoms with Crippen molar-refractivity contribution in [1.82, 2.24) is 10.4 Å². The number of hydrogen-bond acceptors (Lipinski definition) is 4. The van der Waals surface area contributed by atoms with Gasteiger partial charge in [-0.25, -0.2) is 9.82 Å². The standard InChI is InChI=1S/C13H13ClFN3O/c1-19-10-6-2-4-8(11(10)15)12(18-16)13-9(14)5-3-7-17-13/h2-7,12,18H,16H2,1H3. The minimum Gasteiger partial charge on any atom is -0.494 e. The molecule has 19 heavy (non-hydrogen) atoms. The van der Waals surface area contributed by atoms with Crippen LogP contribution >= 0.6 is 11.6 Å². The van der Waals surface area contributed by atoms with Crippen LogP contribution in [0.2, 0.25) is 5.02 Å². The van der Waals surface area contributed by atoms with Gasteiger partial charge in [0.05, 0.1) is 23.9 Å². The highest BCUT2D eigenvalue weighted by molar-refractivity contribution is 6.31. The maximum Gasteiger partial charge on any atom is 0.170 e. The summed E-state index contributed by atoms with van der Waals surface area (Å²) in [5, 5.41) is 0.410. The van der Waals surface area contributed by atoms with Gasteiger partial charge in [-0.1, -0.05) is 23.7 Å². The third kappa shape index (κ3) is 2.68. The van der Waals surface area contributed by atoms with Crippen molar-refractivity contribution in [2.45, 2.75) is 6.04 Å². The van der Waals surface area contributed by atoms with E-state index in [1.165, 1.54) is 13.2 Å². The first-order valence-electron chi connectivity index (χ1n) is 5.58. The Morgan fingerprint density at radius 2 is 2.16 bits per heavy atom. The van der Waals surface area contributed by atoms with Gasteiger partial charge < -0.3 is 4.74 Å². The topological polar surface area (TPSA) is 60.2 Å². The molecule has 4 nitrogen and oxygen atoms in total. The van der Waals surface area contributed by atoms with Gasteiger partial charge in [0.15, 0.2) is 11.6 Å². The zero-order valence-electron chi connectivity index (χ0n) is 10.2. The summed E-state index contributed by atoms with van der Waals surface area (Å²) in [4.78, 5) is 4.14. The van der Waals surface area contributed by atoms with Crippen molar-refractivity contribution in [3.63, 3.8) is 0 Å². The van der Waals surface area contributed by atoms with Crippen LogP contribution in [0.25, 0.3) is 0 Å². The van der Waals surface area contributed by atoms with Gasteiger partial charge in [-0.3, -0.25) is 10.8 Å². The Labute approximate surface area is 115 Å². The number of hydrogen-bond donors (Lipinski definition) is 2. The number of pyridine rings is 1. The highest BCUT2D eigenvalue weighted by Gasteiger charge is 2.22. The summed E-state index contributed by atoms with van der Waals surface area (Å²) in [5.74, 6) is 5.16. The Bertz CT molecular complexity index is 580. The molecule has 1 heterocycles. The molecule has 3 N–H and O–H groups in total. The molecule has 6 heteroatoms. The summed E-state index contributed by atoms with van der Waals surface area (Å²) < 4.78 is 19.2. The second-order valence-electron chi connectivity index (χ2n) is 3.83. The molecule has 0 bridgehead atoms. The van der Waals surface area contributed by atoms with Crippen LogP contribution in [0, 0.1) is 5.82 Å². The molecule has 0 aliphatic rings. The largest absolute Gasteiger partial charge is 0.494 e. The van der Waals surface area contributed by atoms with E-state index >= 15 is 0 Å². The monoisotopic (exact) mass is 281 g/mol. The first-order chi connectivity index (χ1) is 9.19. The molecule has 0 fully saturated rings. The van der Waals surface area contributed by atoms with E-state index in [4.69, 9.17) is 22.2 Å². The van der Waals surface area contributed by atoms with Crippen molar-refractivity contribution >= 4 is 11.6 Å². The fourth-order valence-electron chi connectivity index (χ4n) is 1.83. The lowest BCUT2D eigenvalue weighted by atomic mass is 10.0. The molecule has 0 spiro atoms. The summed E-state index contributed by atoms with van der Waals surface area (Å²) in [7, 11) is 1.40. The second-order valence-corrected chi connectivity index (χ2v) is 4.24. The molecule has 0 aliphatic heterocycles. The molecule has 100 valence electrons. The van der Waals surface area contributed by atoms with Crippen LogP contribution in [0.3, 0.4) is 0 Å². The van der Waals surface area contributed by atoms with E-state index in [9.17, 15) is 4.39 Å². The lowest BCUT2D eigenvalue weighted by Crippen LogP contribution is -2.30. The number of nitrogens with one attached hydrogen (secondary N) is 1. The number of halogens is 2. The Morgan fingerprint density at radius 1 is 1.37 bits per heavy atom. The molecule has 1 atom stereocenters. The van der Waals surface area contributed by atoms with Crippen LogP contribution in [-0.2, 0) is 0 Å². The van der Waals surface area contributed by atoms with Gasteiger partial charge in [0.1, 0.15) is 0 Å². The molecule has 0 radical (unpaired) electrons. The van der Waals surface area contributed by atoms with Gasteiger partial charge in [0.25, 0.3) is 0 Å². The lowest BCUT2D eigenvalue weighted by Gasteiger charge is -2.18. The van der Waals surface area contributed by atoms with E-state index in [-0.39, 0.29) is 5.75 Å². The minimum atomic E-state index is -0.649. The van der Waals surface area contributed by atoms with E-state index in [1.54, 1.807) is 30.5 Å². The van der Waals surface area contributed by atoms with E-state index in [0.717, 1.165) is 0 Å². The fraction of sp³-hybridized carbons (Fsp3) is 0.154. The van der Waals surface area contributed by atoms with Crippen LogP contribution in [0.15, 0.2) is 36.5 Å². The van der Waals surface area contributed by atoms with Crippen molar-refractivity contribution in [2.75, 3.05) is 7.11 Å². The van der Waals surface area contributed by atoms with Crippen LogP contribution in [0.4, 0.5) is 4.39 Å². The molecule has 2 rings (SSSR count). The number of aromatic nitrogens is 1. The SMILES string of the molecule is COc1cccc(C(NN)c2ncccc2Cl)c1F. The van der Waals surface area contributed by atoms with Gasteiger partial charge in [-0.05, 0) is 18.2 Å². The number of nitrogens with zero attached hydrogens (tertiary/aromatic N) is 1. The molecule has 0 amide bonds. The zero-order chi connectivity index (χ0) is 13.8. The number of rotatable bonds is 4. The van der Waals surface area contributed by atoms with Crippen LogP contribution in [0.1, 0.15) is 17.3 Å². The van der Waals surface area contributed by atoms with Crippen LogP contribution in [-0.4, -0.2) is 12.1 Å². The Morgan fingerprint density at radius 3 is 2.79 bits per heavy atom. The zero-order valence-corrected chi connectivity index (χ0v) is 11.0. The quantitative estimate of drug-likeness (QED) is 0.667. The molecule has 2 aromatic rings. The van der Waals surface area contributed by atoms with Gasteiger partial charge >= 0.3 is 0 Å². The van der Waals surface area contributed by atoms with Gasteiger partial charge in [-0.2, -0.15) is 0 Å². The van der Waals surface area contributed by atoms with E-state index in [2.05, 4.69) is 10.4 Å². The van der Waals surface area contributed by atoms with Crippen molar-refractivity contribution in [2.24, 2.45) is 5.84 Å². The molecular weight excluding hydrogens is 269 g/mol. The average molecular weight is 282 g/mol. The third-order valence-electron chi connectivity index (χ3n) is 2.75. The summed E-state index contributed by atoms with van der Waals surface area (Å²) >= 11 is 6.06. The molecule has 0 aliphatic carbocycles. The van der Waals surface area contributed by atoms with Crippen molar-refractivity contribution in [1.29, 1.82) is 0 Å². The number of benzene rings is 1. The average Bonchev–Trinajstić information content (AvgIpc) is 2.43. The number of ether oxygens (including phenoxy) is 1. The van der Waals surface area contributed by atoms with Crippen LogP contribution < -0.4 is 16.0 Å². The van der Waals surface area contributed by atoms with E-state index in [0.29, 0.717) is 16.3 Å². The molecule has 1 aromatic heterocycles. The number of nitrogens with two attached hydrogens (primary N) is 1. The maximum absolute atomic E-state index is 14.2. The highest BCUT2D eigenvalue weighted by atomic mass is 35.5. The van der Waals surface area contributed by atoms with Gasteiger partial charge in [0.2, 0.25) is 0 Å². The fourth-order valence-corrected chi connectivity index (χ4v) is 2.07. The summed E-state index contributed by atoms with van der Waals surface area (Å²) in [6, 6.07) is 7.54. The van der Waals surface area contributed by atoms with E-state index in [1.807, 2.05) is 0 Å². The summed E-state index contributed by atoms with van der Waals surface area (Å²) in [6.45, 7) is 0. The first kappa shape index (κ1) is 13.7. The smallest absolute Gasteiger partial charge is 0.170 e. The third-order valence-corrected chi connectivity index (χ3v) is 3.07.